The fourth-order valence-electron chi connectivity index (χ4n) is 8.92. The van der Waals surface area contributed by atoms with E-state index in [2.05, 4.69) is 111 Å². The van der Waals surface area contributed by atoms with E-state index >= 15 is 0 Å². The number of ether oxygens (including phenoxy) is 2. The molecule has 0 spiro atoms. The zero-order valence-electron chi connectivity index (χ0n) is 51.8. The number of phosphoric ester groups is 1. The third-order valence-electron chi connectivity index (χ3n) is 13.9. The van der Waals surface area contributed by atoms with Gasteiger partial charge in [-0.05, 0) is 77.0 Å². The Bertz CT molecular complexity index is 1650. The molecule has 0 heterocycles. The highest BCUT2D eigenvalue weighted by Gasteiger charge is 2.27. The molecule has 0 aromatic heterocycles. The number of rotatable bonds is 59. The van der Waals surface area contributed by atoms with Gasteiger partial charge in [-0.2, -0.15) is 0 Å². The molecule has 0 aliphatic carbocycles. The number of esters is 2. The quantitative estimate of drug-likeness (QED) is 0.0211. The molecule has 2 unspecified atom stereocenters. The summed E-state index contributed by atoms with van der Waals surface area (Å²) >= 11 is 0. The molecule has 2 atom stereocenters. The van der Waals surface area contributed by atoms with Gasteiger partial charge >= 0.3 is 19.8 Å². The molecule has 10 heteroatoms. The molecule has 0 amide bonds. The Balaban J connectivity index is 4.18. The molecule has 0 aliphatic rings. The normalized spacial score (nSPS) is 13.8. The summed E-state index contributed by atoms with van der Waals surface area (Å²) in [4.78, 5) is 35.8. The van der Waals surface area contributed by atoms with Crippen LogP contribution in [0.3, 0.4) is 0 Å². The van der Waals surface area contributed by atoms with Crippen LogP contribution >= 0.6 is 7.82 Å². The van der Waals surface area contributed by atoms with E-state index in [1.54, 1.807) is 0 Å². The maximum absolute atomic E-state index is 12.8. The molecule has 9 nitrogen and oxygen atoms in total. The van der Waals surface area contributed by atoms with E-state index in [9.17, 15) is 19.0 Å². The van der Waals surface area contributed by atoms with Gasteiger partial charge in [-0.1, -0.05) is 284 Å². The van der Waals surface area contributed by atoms with E-state index in [1.165, 1.54) is 161 Å². The summed E-state index contributed by atoms with van der Waals surface area (Å²) < 4.78 is 34.6. The first kappa shape index (κ1) is 75.9. The summed E-state index contributed by atoms with van der Waals surface area (Å²) in [6.45, 7) is 4.29. The average molecular weight is 1130 g/mol. The Kier molecular flexibility index (Phi) is 57.2. The van der Waals surface area contributed by atoms with Gasteiger partial charge in [0.05, 0.1) is 27.7 Å². The molecule has 79 heavy (non-hydrogen) atoms. The standard InChI is InChI=1S/C69H122NO8P/c1-6-8-10-12-14-16-18-20-22-24-26-28-30-32-34-36-37-39-41-43-45-47-49-51-53-55-57-59-61-68(71)75-65-67(66-77-79(73,74)76-64-63-70(3,4)5)78-69(72)62-60-58-56-54-52-50-48-46-44-42-40-38-35-33-31-29-27-25-23-21-19-17-15-13-11-9-7-2/h9,11,15,17,21,23,27,29,33,35,40,42,46,48,52,54,67H,6-8,10,12-14,16,18-20,22,24-26,28,30-32,34,36-39,41,43-45,47,49-51,53,55-66H2,1-5H3/p+1/b11-9-,17-15-,23-21-,29-27-,35-33-,42-40-,48-46-,54-52-. The summed E-state index contributed by atoms with van der Waals surface area (Å²) in [6, 6.07) is 0. The van der Waals surface area contributed by atoms with Gasteiger partial charge in [0, 0.05) is 12.8 Å². The summed E-state index contributed by atoms with van der Waals surface area (Å²) in [6.07, 6.45) is 82.2. The van der Waals surface area contributed by atoms with Gasteiger partial charge in [0.1, 0.15) is 19.8 Å². The molecule has 0 saturated carbocycles. The maximum Gasteiger partial charge on any atom is 0.472 e. The number of likely N-dealkylation sites (N-methyl/N-ethyl adjacent to an activating group) is 1. The molecule has 1 N–H and O–H groups in total. The first-order valence-corrected chi connectivity index (χ1v) is 34.0. The van der Waals surface area contributed by atoms with Crippen molar-refractivity contribution in [1.29, 1.82) is 0 Å². The highest BCUT2D eigenvalue weighted by Crippen LogP contribution is 2.43. The van der Waals surface area contributed by atoms with Gasteiger partial charge in [-0.25, -0.2) is 4.57 Å². The SMILES string of the molecule is CC/C=C\C/C=C\C/C=C\C/C=C\C/C=C\C/C=C\C/C=C\C/C=C\CCCCC(=O)OC(COC(=O)CCCCCCCCCCCCCCCCCCCCCCCCCCCCCC)COP(=O)(O)OCC[N+](C)(C)C. The highest BCUT2D eigenvalue weighted by molar-refractivity contribution is 7.47. The van der Waals surface area contributed by atoms with Crippen LogP contribution in [0.4, 0.5) is 0 Å². The molecule has 0 radical (unpaired) electrons. The van der Waals surface area contributed by atoms with E-state index in [-0.39, 0.29) is 32.0 Å². The summed E-state index contributed by atoms with van der Waals surface area (Å²) in [5.74, 6) is -0.844. The zero-order chi connectivity index (χ0) is 57.7. The topological polar surface area (TPSA) is 108 Å². The first-order valence-electron chi connectivity index (χ1n) is 32.5. The molecule has 0 aromatic rings. The number of carbonyl (C=O) groups excluding carboxylic acids is 2. The number of quaternary nitrogens is 1. The van der Waals surface area contributed by atoms with Crippen molar-refractivity contribution in [2.75, 3.05) is 47.5 Å². The fraction of sp³-hybridized carbons (Fsp3) is 0.739. The molecular formula is C69H123NO8P+. The number of hydrogen-bond acceptors (Lipinski definition) is 7. The van der Waals surface area contributed by atoms with Crippen LogP contribution in [0.25, 0.3) is 0 Å². The smallest absolute Gasteiger partial charge is 0.462 e. The monoisotopic (exact) mass is 1120 g/mol. The molecule has 0 rings (SSSR count). The number of unbranched alkanes of at least 4 members (excludes halogenated alkanes) is 29. The van der Waals surface area contributed by atoms with Crippen LogP contribution < -0.4 is 0 Å². The lowest BCUT2D eigenvalue weighted by Gasteiger charge is -2.24. The van der Waals surface area contributed by atoms with Crippen molar-refractivity contribution < 1.29 is 42.1 Å². The largest absolute Gasteiger partial charge is 0.472 e. The lowest BCUT2D eigenvalue weighted by Crippen LogP contribution is -2.37. The van der Waals surface area contributed by atoms with Crippen LogP contribution in [0.1, 0.15) is 277 Å². The van der Waals surface area contributed by atoms with E-state index in [1.807, 2.05) is 21.1 Å². The van der Waals surface area contributed by atoms with Gasteiger partial charge in [0.15, 0.2) is 6.10 Å². The minimum atomic E-state index is -4.41. The Hall–Kier alpha value is -3.07. The maximum atomic E-state index is 12.8. The van der Waals surface area contributed by atoms with Gasteiger partial charge in [0.2, 0.25) is 0 Å². The minimum absolute atomic E-state index is 0.0193. The predicted molar refractivity (Wildman–Crippen MR) is 339 cm³/mol. The Morgan fingerprint density at radius 3 is 1.08 bits per heavy atom. The molecule has 0 fully saturated rings. The van der Waals surface area contributed by atoms with Gasteiger partial charge < -0.3 is 18.9 Å². The van der Waals surface area contributed by atoms with E-state index < -0.39 is 26.5 Å². The second kappa shape index (κ2) is 59.5. The average Bonchev–Trinajstić information content (AvgIpc) is 3.41. The third kappa shape index (κ3) is 64.0. The lowest BCUT2D eigenvalue weighted by atomic mass is 10.0. The lowest BCUT2D eigenvalue weighted by molar-refractivity contribution is -0.870. The number of carbonyl (C=O) groups is 2. The van der Waals surface area contributed by atoms with Gasteiger partial charge in [-0.15, -0.1) is 0 Å². The summed E-state index contributed by atoms with van der Waals surface area (Å²) in [5.41, 5.74) is 0. The zero-order valence-corrected chi connectivity index (χ0v) is 52.7. The molecule has 0 aliphatic heterocycles. The highest BCUT2D eigenvalue weighted by atomic mass is 31.2. The van der Waals surface area contributed by atoms with Crippen LogP contribution in [0.2, 0.25) is 0 Å². The van der Waals surface area contributed by atoms with Crippen molar-refractivity contribution in [2.45, 2.75) is 283 Å². The molecule has 0 aromatic carbocycles. The van der Waals surface area contributed by atoms with Crippen molar-refractivity contribution in [3.63, 3.8) is 0 Å². The number of phosphoric acid groups is 1. The van der Waals surface area contributed by atoms with Crippen molar-refractivity contribution in [3.8, 4) is 0 Å². The molecular weight excluding hydrogens is 1000 g/mol. The van der Waals surface area contributed by atoms with Crippen LogP contribution in [0.15, 0.2) is 97.2 Å². The van der Waals surface area contributed by atoms with Gasteiger partial charge in [-0.3, -0.25) is 18.6 Å². The fourth-order valence-corrected chi connectivity index (χ4v) is 9.66. The van der Waals surface area contributed by atoms with Crippen LogP contribution in [0, 0.1) is 0 Å². The number of nitrogens with zero attached hydrogens (tertiary/aromatic N) is 1. The number of hydrogen-bond donors (Lipinski definition) is 1. The van der Waals surface area contributed by atoms with Crippen LogP contribution in [0.5, 0.6) is 0 Å². The van der Waals surface area contributed by atoms with Gasteiger partial charge in [0.25, 0.3) is 0 Å². The second-order valence-electron chi connectivity index (χ2n) is 22.8. The third-order valence-corrected chi connectivity index (χ3v) is 14.9. The molecule has 0 saturated heterocycles. The molecule has 0 bridgehead atoms. The Labute approximate surface area is 487 Å². The van der Waals surface area contributed by atoms with E-state index in [0.29, 0.717) is 17.4 Å². The van der Waals surface area contributed by atoms with Crippen molar-refractivity contribution in [1.82, 2.24) is 0 Å². The summed E-state index contributed by atoms with van der Waals surface area (Å²) in [5, 5.41) is 0. The minimum Gasteiger partial charge on any atom is -0.462 e. The first-order chi connectivity index (χ1) is 38.5. The molecule has 456 valence electrons. The van der Waals surface area contributed by atoms with Crippen LogP contribution in [-0.2, 0) is 32.7 Å². The Morgan fingerprint density at radius 1 is 0.405 bits per heavy atom. The van der Waals surface area contributed by atoms with E-state index in [4.69, 9.17) is 18.5 Å². The predicted octanol–water partition coefficient (Wildman–Crippen LogP) is 20.8. The van der Waals surface area contributed by atoms with Crippen molar-refractivity contribution in [3.05, 3.63) is 97.2 Å². The number of allylic oxidation sites excluding steroid dienone is 16. The summed E-state index contributed by atoms with van der Waals surface area (Å²) in [7, 11) is 1.44. The second-order valence-corrected chi connectivity index (χ2v) is 24.2. The van der Waals surface area contributed by atoms with Crippen LogP contribution in [-0.4, -0.2) is 74.9 Å². The van der Waals surface area contributed by atoms with E-state index in [0.717, 1.165) is 83.5 Å². The Morgan fingerprint density at radius 2 is 0.722 bits per heavy atom. The van der Waals surface area contributed by atoms with Crippen molar-refractivity contribution >= 4 is 19.8 Å². The van der Waals surface area contributed by atoms with Crippen molar-refractivity contribution in [2.24, 2.45) is 0 Å².